The van der Waals surface area contributed by atoms with Crippen LogP contribution in [0.1, 0.15) is 30.0 Å². The van der Waals surface area contributed by atoms with Crippen molar-refractivity contribution in [3.63, 3.8) is 0 Å². The average molecular weight is 248 g/mol. The van der Waals surface area contributed by atoms with E-state index < -0.39 is 0 Å². The van der Waals surface area contributed by atoms with E-state index in [1.807, 2.05) is 7.05 Å². The number of rotatable bonds is 5. The van der Waals surface area contributed by atoms with Gasteiger partial charge >= 0.3 is 0 Å². The van der Waals surface area contributed by atoms with Gasteiger partial charge in [-0.2, -0.15) is 0 Å². The van der Waals surface area contributed by atoms with Crippen LogP contribution >= 0.6 is 0 Å². The summed E-state index contributed by atoms with van der Waals surface area (Å²) in [5, 5.41) is 12.9. The monoisotopic (exact) mass is 248 g/mol. The lowest BCUT2D eigenvalue weighted by molar-refractivity contribution is 0.175. The molecule has 1 aliphatic rings. The highest BCUT2D eigenvalue weighted by Crippen LogP contribution is 2.19. The van der Waals surface area contributed by atoms with Crippen molar-refractivity contribution in [2.24, 2.45) is 0 Å². The number of aliphatic hydroxyl groups is 1. The summed E-state index contributed by atoms with van der Waals surface area (Å²) in [5.41, 5.74) is 2.67. The molecule has 3 nitrogen and oxygen atoms in total. The molecule has 0 spiro atoms. The first-order chi connectivity index (χ1) is 8.69. The second kappa shape index (κ2) is 6.32. The maximum atomic E-state index is 9.52. The van der Waals surface area contributed by atoms with Crippen molar-refractivity contribution in [3.8, 4) is 0 Å². The van der Waals surface area contributed by atoms with Gasteiger partial charge in [-0.25, -0.2) is 0 Å². The Labute approximate surface area is 110 Å². The normalized spacial score (nSPS) is 22.3. The van der Waals surface area contributed by atoms with Gasteiger partial charge in [0.2, 0.25) is 0 Å². The van der Waals surface area contributed by atoms with Crippen LogP contribution < -0.4 is 5.32 Å². The molecular formula is C15H24N2O. The lowest BCUT2D eigenvalue weighted by Gasteiger charge is -2.21. The van der Waals surface area contributed by atoms with Gasteiger partial charge in [-0.3, -0.25) is 0 Å². The van der Waals surface area contributed by atoms with Crippen LogP contribution in [0.25, 0.3) is 0 Å². The lowest BCUT2D eigenvalue weighted by Crippen LogP contribution is -2.27. The largest absolute Gasteiger partial charge is 0.392 e. The smallest absolute Gasteiger partial charge is 0.0679 e. The fourth-order valence-electron chi connectivity index (χ4n) is 2.69. The number of benzene rings is 1. The highest BCUT2D eigenvalue weighted by atomic mass is 16.3. The first-order valence-electron chi connectivity index (χ1n) is 6.83. The highest BCUT2D eigenvalue weighted by Gasteiger charge is 2.20. The van der Waals surface area contributed by atoms with Crippen LogP contribution in [0, 0.1) is 6.92 Å². The Balaban J connectivity index is 1.89. The number of likely N-dealkylation sites (tertiary alicyclic amines) is 1. The molecule has 0 amide bonds. The Morgan fingerprint density at radius 1 is 1.50 bits per heavy atom. The third kappa shape index (κ3) is 3.55. The van der Waals surface area contributed by atoms with Gasteiger partial charge < -0.3 is 15.3 Å². The topological polar surface area (TPSA) is 35.5 Å². The van der Waals surface area contributed by atoms with Crippen molar-refractivity contribution in [1.29, 1.82) is 0 Å². The van der Waals surface area contributed by atoms with Gasteiger partial charge in [0.05, 0.1) is 6.10 Å². The van der Waals surface area contributed by atoms with E-state index in [9.17, 15) is 5.11 Å². The number of aliphatic hydroxyl groups excluding tert-OH is 1. The summed E-state index contributed by atoms with van der Waals surface area (Å²) < 4.78 is 0. The van der Waals surface area contributed by atoms with E-state index >= 15 is 0 Å². The van der Waals surface area contributed by atoms with Gasteiger partial charge in [-0.05, 0) is 32.4 Å². The molecule has 0 bridgehead atoms. The number of nitrogens with one attached hydrogen (secondary N) is 1. The van der Waals surface area contributed by atoms with Crippen molar-refractivity contribution in [1.82, 2.24) is 10.2 Å². The molecule has 2 unspecified atom stereocenters. The molecule has 0 radical (unpaired) electrons. The number of nitrogens with zero attached hydrogens (tertiary/aromatic N) is 1. The molecule has 1 fully saturated rings. The Morgan fingerprint density at radius 2 is 2.33 bits per heavy atom. The number of hydrogen-bond acceptors (Lipinski definition) is 3. The Bertz CT molecular complexity index is 381. The summed E-state index contributed by atoms with van der Waals surface area (Å²) in [6.07, 6.45) is 1.90. The molecule has 2 N–H and O–H groups in total. The second-order valence-corrected chi connectivity index (χ2v) is 5.29. The predicted octanol–water partition coefficient (Wildman–Crippen LogP) is 1.71. The van der Waals surface area contributed by atoms with Gasteiger partial charge in [0.1, 0.15) is 0 Å². The molecule has 0 aliphatic carbocycles. The van der Waals surface area contributed by atoms with Gasteiger partial charge in [-0.15, -0.1) is 0 Å². The SMILES string of the molecule is CNC(CCN1CCC(O)C1)c1cccc(C)c1. The van der Waals surface area contributed by atoms with E-state index in [-0.39, 0.29) is 6.10 Å². The molecule has 1 aromatic rings. The number of aryl methyl sites for hydroxylation is 1. The molecule has 1 aliphatic heterocycles. The van der Waals surface area contributed by atoms with Crippen molar-refractivity contribution in [2.45, 2.75) is 31.9 Å². The fraction of sp³-hybridized carbons (Fsp3) is 0.600. The van der Waals surface area contributed by atoms with Crippen molar-refractivity contribution in [2.75, 3.05) is 26.7 Å². The molecule has 1 saturated heterocycles. The predicted molar refractivity (Wildman–Crippen MR) is 74.7 cm³/mol. The minimum absolute atomic E-state index is 0.114. The summed E-state index contributed by atoms with van der Waals surface area (Å²) in [7, 11) is 2.02. The van der Waals surface area contributed by atoms with Crippen molar-refractivity contribution in [3.05, 3.63) is 35.4 Å². The zero-order chi connectivity index (χ0) is 13.0. The summed E-state index contributed by atoms with van der Waals surface area (Å²) in [6.45, 7) is 5.05. The van der Waals surface area contributed by atoms with Crippen LogP contribution in [0.3, 0.4) is 0 Å². The molecule has 2 rings (SSSR count). The van der Waals surface area contributed by atoms with E-state index in [2.05, 4.69) is 41.4 Å². The second-order valence-electron chi connectivity index (χ2n) is 5.29. The van der Waals surface area contributed by atoms with Crippen molar-refractivity contribution < 1.29 is 5.11 Å². The molecule has 3 heteroatoms. The summed E-state index contributed by atoms with van der Waals surface area (Å²) in [6, 6.07) is 9.09. The Kier molecular flexibility index (Phi) is 4.75. The molecule has 2 atom stereocenters. The molecule has 18 heavy (non-hydrogen) atoms. The third-order valence-electron chi connectivity index (χ3n) is 3.77. The van der Waals surface area contributed by atoms with E-state index in [1.165, 1.54) is 11.1 Å². The van der Waals surface area contributed by atoms with Crippen LogP contribution in [0.4, 0.5) is 0 Å². The Morgan fingerprint density at radius 3 is 2.94 bits per heavy atom. The zero-order valence-corrected chi connectivity index (χ0v) is 11.4. The molecule has 100 valence electrons. The molecule has 1 heterocycles. The van der Waals surface area contributed by atoms with Crippen LogP contribution in [0.5, 0.6) is 0 Å². The van der Waals surface area contributed by atoms with E-state index in [4.69, 9.17) is 0 Å². The molecule has 0 aromatic heterocycles. The number of hydrogen-bond donors (Lipinski definition) is 2. The van der Waals surface area contributed by atoms with Gasteiger partial charge in [0.25, 0.3) is 0 Å². The fourth-order valence-corrected chi connectivity index (χ4v) is 2.69. The van der Waals surface area contributed by atoms with E-state index in [0.29, 0.717) is 6.04 Å². The minimum Gasteiger partial charge on any atom is -0.392 e. The third-order valence-corrected chi connectivity index (χ3v) is 3.77. The standard InChI is InChI=1S/C15H24N2O/c1-12-4-3-5-13(10-12)15(16-2)7-9-17-8-6-14(18)11-17/h3-5,10,14-16,18H,6-9,11H2,1-2H3. The van der Waals surface area contributed by atoms with Crippen molar-refractivity contribution >= 4 is 0 Å². The summed E-state index contributed by atoms with van der Waals surface area (Å²) in [4.78, 5) is 2.35. The highest BCUT2D eigenvalue weighted by molar-refractivity contribution is 5.25. The van der Waals surface area contributed by atoms with Gasteiger partial charge in [-0.1, -0.05) is 29.8 Å². The first kappa shape index (κ1) is 13.5. The lowest BCUT2D eigenvalue weighted by atomic mass is 10.0. The van der Waals surface area contributed by atoms with Gasteiger partial charge in [0.15, 0.2) is 0 Å². The van der Waals surface area contributed by atoms with Crippen LogP contribution in [-0.4, -0.2) is 42.8 Å². The quantitative estimate of drug-likeness (QED) is 0.833. The van der Waals surface area contributed by atoms with E-state index in [1.54, 1.807) is 0 Å². The Hall–Kier alpha value is -0.900. The summed E-state index contributed by atoms with van der Waals surface area (Å²) in [5.74, 6) is 0. The number of β-amino-alcohol motifs (C(OH)–C–C–N with tert-alkyl or cyclic N) is 1. The zero-order valence-electron chi connectivity index (χ0n) is 11.4. The van der Waals surface area contributed by atoms with Crippen LogP contribution in [0.2, 0.25) is 0 Å². The summed E-state index contributed by atoms with van der Waals surface area (Å²) >= 11 is 0. The van der Waals surface area contributed by atoms with Crippen LogP contribution in [0.15, 0.2) is 24.3 Å². The molecule has 0 saturated carbocycles. The minimum atomic E-state index is -0.114. The average Bonchev–Trinajstić information content (AvgIpc) is 2.76. The van der Waals surface area contributed by atoms with Crippen LogP contribution in [-0.2, 0) is 0 Å². The first-order valence-corrected chi connectivity index (χ1v) is 6.83. The maximum absolute atomic E-state index is 9.52. The van der Waals surface area contributed by atoms with Gasteiger partial charge in [0, 0.05) is 25.7 Å². The maximum Gasteiger partial charge on any atom is 0.0679 e. The van der Waals surface area contributed by atoms with E-state index in [0.717, 1.165) is 32.5 Å². The molecular weight excluding hydrogens is 224 g/mol. The molecule has 1 aromatic carbocycles.